The molecule has 0 spiro atoms. The van der Waals surface area contributed by atoms with Crippen LogP contribution in [0.3, 0.4) is 0 Å². The number of hydrogen-bond donors (Lipinski definition) is 0. The van der Waals surface area contributed by atoms with Gasteiger partial charge in [-0.2, -0.15) is 5.10 Å². The third kappa shape index (κ3) is 3.25. The van der Waals surface area contributed by atoms with E-state index in [2.05, 4.69) is 25.6 Å². The Bertz CT molecular complexity index is 891. The maximum atomic E-state index is 12.5. The predicted octanol–water partition coefficient (Wildman–Crippen LogP) is -0.0345. The number of pyridine rings is 1. The minimum atomic E-state index is -0.0246. The Kier molecular flexibility index (Phi) is 4.30. The van der Waals surface area contributed by atoms with E-state index in [1.807, 2.05) is 23.9 Å². The standard InChI is InChI=1S/C16H18N8O2/c1-22-14-5-7-23(16(25)9-24-11-18-20-21-24)8-12(14)13(19-22)10-26-15-4-2-3-6-17-15/h2-4,6,11H,5,7-10H2,1H3. The van der Waals surface area contributed by atoms with Crippen LogP contribution in [0.25, 0.3) is 0 Å². The Morgan fingerprint density at radius 2 is 2.27 bits per heavy atom. The van der Waals surface area contributed by atoms with Crippen LogP contribution in [0, 0.1) is 0 Å². The molecule has 0 aromatic carbocycles. The largest absolute Gasteiger partial charge is 0.471 e. The lowest BCUT2D eigenvalue weighted by atomic mass is 10.1. The van der Waals surface area contributed by atoms with Crippen molar-refractivity contribution >= 4 is 5.91 Å². The summed E-state index contributed by atoms with van der Waals surface area (Å²) in [5.41, 5.74) is 3.00. The van der Waals surface area contributed by atoms with Gasteiger partial charge in [0.1, 0.15) is 25.2 Å². The highest BCUT2D eigenvalue weighted by Crippen LogP contribution is 2.23. The number of ether oxygens (including phenoxy) is 1. The molecule has 3 aromatic rings. The molecule has 4 heterocycles. The van der Waals surface area contributed by atoms with Gasteiger partial charge in [-0.05, 0) is 16.5 Å². The molecule has 26 heavy (non-hydrogen) atoms. The van der Waals surface area contributed by atoms with Crippen molar-refractivity contribution < 1.29 is 9.53 Å². The molecule has 0 aliphatic carbocycles. The summed E-state index contributed by atoms with van der Waals surface area (Å²) in [6.45, 7) is 1.59. The van der Waals surface area contributed by atoms with Gasteiger partial charge >= 0.3 is 0 Å². The molecule has 0 N–H and O–H groups in total. The van der Waals surface area contributed by atoms with Crippen molar-refractivity contribution in [1.29, 1.82) is 0 Å². The number of amides is 1. The molecule has 0 saturated heterocycles. The summed E-state index contributed by atoms with van der Waals surface area (Å²) >= 11 is 0. The van der Waals surface area contributed by atoms with Crippen molar-refractivity contribution in [1.82, 2.24) is 39.9 Å². The van der Waals surface area contributed by atoms with Crippen molar-refractivity contribution in [2.75, 3.05) is 6.54 Å². The molecule has 0 unspecified atom stereocenters. The zero-order valence-corrected chi connectivity index (χ0v) is 14.3. The number of aromatic nitrogens is 7. The van der Waals surface area contributed by atoms with Crippen LogP contribution in [0.15, 0.2) is 30.7 Å². The first-order valence-electron chi connectivity index (χ1n) is 8.26. The number of carbonyl (C=O) groups excluding carboxylic acids is 1. The molecular weight excluding hydrogens is 336 g/mol. The van der Waals surface area contributed by atoms with Crippen molar-refractivity contribution in [3.05, 3.63) is 47.7 Å². The fourth-order valence-electron chi connectivity index (χ4n) is 3.06. The molecular formula is C16H18N8O2. The zero-order chi connectivity index (χ0) is 17.9. The summed E-state index contributed by atoms with van der Waals surface area (Å²) in [5.74, 6) is 0.526. The van der Waals surface area contributed by atoms with Gasteiger partial charge in [0, 0.05) is 50.1 Å². The summed E-state index contributed by atoms with van der Waals surface area (Å²) in [4.78, 5) is 18.5. The minimum absolute atomic E-state index is 0.0246. The lowest BCUT2D eigenvalue weighted by Crippen LogP contribution is -2.38. The van der Waals surface area contributed by atoms with Crippen LogP contribution >= 0.6 is 0 Å². The van der Waals surface area contributed by atoms with E-state index in [1.54, 1.807) is 17.2 Å². The van der Waals surface area contributed by atoms with Gasteiger partial charge in [0.25, 0.3) is 0 Å². The maximum Gasteiger partial charge on any atom is 0.244 e. The van der Waals surface area contributed by atoms with Gasteiger partial charge in [-0.15, -0.1) is 5.10 Å². The van der Waals surface area contributed by atoms with Crippen LogP contribution in [0.5, 0.6) is 5.88 Å². The molecule has 0 bridgehead atoms. The molecule has 0 radical (unpaired) electrons. The summed E-state index contributed by atoms with van der Waals surface area (Å²) in [6, 6.07) is 5.51. The molecule has 1 aliphatic rings. The highest BCUT2D eigenvalue weighted by molar-refractivity contribution is 5.76. The number of rotatable bonds is 5. The topological polar surface area (TPSA) is 104 Å². The third-order valence-corrected chi connectivity index (χ3v) is 4.36. The lowest BCUT2D eigenvalue weighted by molar-refractivity contribution is -0.133. The van der Waals surface area contributed by atoms with Gasteiger partial charge in [0.15, 0.2) is 0 Å². The molecule has 10 heteroatoms. The molecule has 0 fully saturated rings. The number of nitrogens with zero attached hydrogens (tertiary/aromatic N) is 8. The fourth-order valence-corrected chi connectivity index (χ4v) is 3.06. The zero-order valence-electron chi connectivity index (χ0n) is 14.3. The Labute approximate surface area is 149 Å². The molecule has 10 nitrogen and oxygen atoms in total. The quantitative estimate of drug-likeness (QED) is 0.633. The number of aryl methyl sites for hydroxylation is 1. The van der Waals surface area contributed by atoms with Gasteiger partial charge in [0.2, 0.25) is 11.8 Å². The molecule has 1 amide bonds. The van der Waals surface area contributed by atoms with E-state index < -0.39 is 0 Å². The lowest BCUT2D eigenvalue weighted by Gasteiger charge is -2.27. The second-order valence-corrected chi connectivity index (χ2v) is 6.02. The predicted molar refractivity (Wildman–Crippen MR) is 88.7 cm³/mol. The van der Waals surface area contributed by atoms with E-state index in [4.69, 9.17) is 4.74 Å². The van der Waals surface area contributed by atoms with Gasteiger partial charge in [0.05, 0.1) is 0 Å². The number of carbonyl (C=O) groups is 1. The van der Waals surface area contributed by atoms with E-state index in [0.29, 0.717) is 25.6 Å². The highest BCUT2D eigenvalue weighted by atomic mass is 16.5. The molecule has 134 valence electrons. The van der Waals surface area contributed by atoms with E-state index in [9.17, 15) is 4.79 Å². The van der Waals surface area contributed by atoms with Crippen molar-refractivity contribution in [3.63, 3.8) is 0 Å². The first kappa shape index (κ1) is 16.2. The van der Waals surface area contributed by atoms with Gasteiger partial charge < -0.3 is 9.64 Å². The number of fused-ring (bicyclic) bond motifs is 1. The van der Waals surface area contributed by atoms with E-state index in [0.717, 1.165) is 23.4 Å². The Balaban J connectivity index is 1.47. The van der Waals surface area contributed by atoms with Crippen molar-refractivity contribution in [2.24, 2.45) is 7.05 Å². The van der Waals surface area contributed by atoms with Crippen molar-refractivity contribution in [2.45, 2.75) is 26.1 Å². The van der Waals surface area contributed by atoms with E-state index in [-0.39, 0.29) is 12.5 Å². The van der Waals surface area contributed by atoms with Crippen LogP contribution < -0.4 is 4.74 Å². The fraction of sp³-hybridized carbons (Fsp3) is 0.375. The van der Waals surface area contributed by atoms with E-state index in [1.165, 1.54) is 11.0 Å². The number of tetrazole rings is 1. The van der Waals surface area contributed by atoms with E-state index >= 15 is 0 Å². The molecule has 4 rings (SSSR count). The summed E-state index contributed by atoms with van der Waals surface area (Å²) in [6.07, 6.45) is 3.87. The smallest absolute Gasteiger partial charge is 0.244 e. The Morgan fingerprint density at radius 1 is 1.35 bits per heavy atom. The second-order valence-electron chi connectivity index (χ2n) is 6.02. The Hall–Kier alpha value is -3.30. The SMILES string of the molecule is Cn1nc(COc2ccccn2)c2c1CCN(C(=O)Cn1cnnn1)C2. The van der Waals surface area contributed by atoms with Gasteiger partial charge in [-0.1, -0.05) is 6.07 Å². The van der Waals surface area contributed by atoms with Crippen LogP contribution in [-0.4, -0.2) is 52.3 Å². The summed E-state index contributed by atoms with van der Waals surface area (Å²) < 4.78 is 9.02. The Morgan fingerprint density at radius 3 is 3.04 bits per heavy atom. The van der Waals surface area contributed by atoms with Crippen molar-refractivity contribution in [3.8, 4) is 5.88 Å². The maximum absolute atomic E-state index is 12.5. The molecule has 0 saturated carbocycles. The first-order valence-corrected chi connectivity index (χ1v) is 8.26. The molecule has 1 aliphatic heterocycles. The van der Waals surface area contributed by atoms with Crippen LogP contribution in [-0.2, 0) is 38.0 Å². The van der Waals surface area contributed by atoms with Gasteiger partial charge in [-0.25, -0.2) is 9.67 Å². The minimum Gasteiger partial charge on any atom is -0.471 e. The summed E-state index contributed by atoms with van der Waals surface area (Å²) in [7, 11) is 1.92. The first-order chi connectivity index (χ1) is 12.7. The van der Waals surface area contributed by atoms with Crippen LogP contribution in [0.4, 0.5) is 0 Å². The average Bonchev–Trinajstić information content (AvgIpc) is 3.28. The third-order valence-electron chi connectivity index (χ3n) is 4.36. The van der Waals surface area contributed by atoms with Crippen LogP contribution in [0.2, 0.25) is 0 Å². The molecule has 0 atom stereocenters. The normalized spacial score (nSPS) is 13.5. The highest BCUT2D eigenvalue weighted by Gasteiger charge is 2.27. The van der Waals surface area contributed by atoms with Gasteiger partial charge in [-0.3, -0.25) is 9.48 Å². The summed E-state index contributed by atoms with van der Waals surface area (Å²) in [5, 5.41) is 15.4. The average molecular weight is 354 g/mol. The molecule has 3 aromatic heterocycles. The number of hydrogen-bond acceptors (Lipinski definition) is 7. The monoisotopic (exact) mass is 354 g/mol. The second kappa shape index (κ2) is 6.90. The van der Waals surface area contributed by atoms with Crippen LogP contribution in [0.1, 0.15) is 17.0 Å².